The van der Waals surface area contributed by atoms with Crippen LogP contribution in [0.4, 0.5) is 4.39 Å². The summed E-state index contributed by atoms with van der Waals surface area (Å²) in [5, 5.41) is 0. The Morgan fingerprint density at radius 2 is 1.60 bits per heavy atom. The van der Waals surface area contributed by atoms with Crippen molar-refractivity contribution in [1.29, 1.82) is 0 Å². The van der Waals surface area contributed by atoms with Crippen molar-refractivity contribution in [2.24, 2.45) is 5.73 Å². The normalized spacial score (nSPS) is 14.1. The molecule has 20 heavy (non-hydrogen) atoms. The van der Waals surface area contributed by atoms with Gasteiger partial charge in [0.05, 0.1) is 0 Å². The molecule has 2 rings (SSSR count). The molecule has 0 aromatic heterocycles. The fourth-order valence-electron chi connectivity index (χ4n) is 2.27. The van der Waals surface area contributed by atoms with Crippen LogP contribution in [0.25, 0.3) is 11.1 Å². The lowest BCUT2D eigenvalue weighted by Gasteiger charge is -2.12. The molecule has 0 saturated carbocycles. The lowest BCUT2D eigenvalue weighted by molar-refractivity contribution is 0.629. The lowest BCUT2D eigenvalue weighted by Crippen LogP contribution is -2.05. The average Bonchev–Trinajstić information content (AvgIpc) is 2.47. The predicted octanol–water partition coefficient (Wildman–Crippen LogP) is 5.03. The Morgan fingerprint density at radius 1 is 1.00 bits per heavy atom. The van der Waals surface area contributed by atoms with Gasteiger partial charge in [0.2, 0.25) is 0 Å². The second-order valence-corrected chi connectivity index (χ2v) is 5.46. The third-order valence-electron chi connectivity index (χ3n) is 3.92. The van der Waals surface area contributed by atoms with E-state index in [1.165, 1.54) is 11.6 Å². The Morgan fingerprint density at radius 3 is 2.15 bits per heavy atom. The van der Waals surface area contributed by atoms with Crippen molar-refractivity contribution in [3.05, 3.63) is 59.4 Å². The smallest absolute Gasteiger partial charge is 0.131 e. The number of hydrogen-bond donors (Lipinski definition) is 1. The van der Waals surface area contributed by atoms with Gasteiger partial charge in [-0.2, -0.15) is 0 Å². The molecule has 0 fully saturated rings. The third-order valence-corrected chi connectivity index (χ3v) is 3.92. The van der Waals surface area contributed by atoms with Crippen LogP contribution in [-0.2, 0) is 0 Å². The Bertz CT molecular complexity index is 572. The molecule has 0 radical (unpaired) electrons. The molecule has 0 saturated heterocycles. The van der Waals surface area contributed by atoms with Crippen molar-refractivity contribution < 1.29 is 4.39 Å². The van der Waals surface area contributed by atoms with Crippen LogP contribution in [0.5, 0.6) is 0 Å². The number of rotatable bonds is 4. The van der Waals surface area contributed by atoms with Gasteiger partial charge in [-0.25, -0.2) is 4.39 Å². The van der Waals surface area contributed by atoms with Crippen LogP contribution < -0.4 is 5.73 Å². The Balaban J connectivity index is 2.38. The van der Waals surface area contributed by atoms with E-state index in [1.54, 1.807) is 6.07 Å². The monoisotopic (exact) mass is 271 g/mol. The van der Waals surface area contributed by atoms with E-state index in [0.717, 1.165) is 17.5 Å². The fourth-order valence-corrected chi connectivity index (χ4v) is 2.27. The fraction of sp³-hybridized carbons (Fsp3) is 0.333. The first-order chi connectivity index (χ1) is 9.52. The maximum absolute atomic E-state index is 14.0. The first kappa shape index (κ1) is 14.7. The molecule has 1 nitrogen and oxygen atoms in total. The molecule has 2 atom stereocenters. The van der Waals surface area contributed by atoms with Crippen LogP contribution in [0.2, 0.25) is 0 Å². The lowest BCUT2D eigenvalue weighted by atomic mass is 9.94. The largest absolute Gasteiger partial charge is 0.324 e. The van der Waals surface area contributed by atoms with E-state index in [1.807, 2.05) is 25.1 Å². The Labute approximate surface area is 120 Å². The van der Waals surface area contributed by atoms with Crippen LogP contribution >= 0.6 is 0 Å². The van der Waals surface area contributed by atoms with E-state index >= 15 is 0 Å². The first-order valence-corrected chi connectivity index (χ1v) is 7.18. The second-order valence-electron chi connectivity index (χ2n) is 5.46. The third kappa shape index (κ3) is 3.07. The molecular formula is C18H22FN. The number of halogens is 1. The van der Waals surface area contributed by atoms with Gasteiger partial charge in [-0.05, 0) is 48.1 Å². The zero-order chi connectivity index (χ0) is 14.7. The van der Waals surface area contributed by atoms with Crippen molar-refractivity contribution in [1.82, 2.24) is 0 Å². The minimum Gasteiger partial charge on any atom is -0.324 e. The number of benzene rings is 2. The van der Waals surface area contributed by atoms with E-state index < -0.39 is 0 Å². The van der Waals surface area contributed by atoms with Crippen molar-refractivity contribution >= 4 is 0 Å². The van der Waals surface area contributed by atoms with Gasteiger partial charge in [0.15, 0.2) is 0 Å². The van der Waals surface area contributed by atoms with Gasteiger partial charge >= 0.3 is 0 Å². The van der Waals surface area contributed by atoms with Crippen LogP contribution in [0, 0.1) is 5.82 Å². The molecule has 2 aromatic rings. The van der Waals surface area contributed by atoms with Gasteiger partial charge < -0.3 is 5.73 Å². The summed E-state index contributed by atoms with van der Waals surface area (Å²) in [4.78, 5) is 0. The molecule has 0 aliphatic rings. The maximum Gasteiger partial charge on any atom is 0.131 e. The Kier molecular flexibility index (Phi) is 4.56. The van der Waals surface area contributed by atoms with E-state index in [2.05, 4.69) is 26.0 Å². The van der Waals surface area contributed by atoms with Gasteiger partial charge in [0.1, 0.15) is 5.82 Å². The molecule has 106 valence electrons. The highest BCUT2D eigenvalue weighted by molar-refractivity contribution is 5.65. The van der Waals surface area contributed by atoms with Crippen molar-refractivity contribution in [2.45, 2.75) is 39.2 Å². The highest BCUT2D eigenvalue weighted by Crippen LogP contribution is 2.28. The zero-order valence-corrected chi connectivity index (χ0v) is 12.4. The van der Waals surface area contributed by atoms with Gasteiger partial charge in [-0.3, -0.25) is 0 Å². The highest BCUT2D eigenvalue weighted by atomic mass is 19.1. The van der Waals surface area contributed by atoms with Crippen LogP contribution in [0.1, 0.15) is 50.3 Å². The average molecular weight is 271 g/mol. The molecule has 2 unspecified atom stereocenters. The quantitative estimate of drug-likeness (QED) is 0.829. The van der Waals surface area contributed by atoms with Gasteiger partial charge in [-0.1, -0.05) is 44.2 Å². The Hall–Kier alpha value is -1.67. The first-order valence-electron chi connectivity index (χ1n) is 7.18. The summed E-state index contributed by atoms with van der Waals surface area (Å²) in [6, 6.07) is 13.2. The molecule has 2 heteroatoms. The second kappa shape index (κ2) is 6.19. The van der Waals surface area contributed by atoms with E-state index in [9.17, 15) is 4.39 Å². The summed E-state index contributed by atoms with van der Waals surface area (Å²) >= 11 is 0. The summed E-state index contributed by atoms with van der Waals surface area (Å²) < 4.78 is 14.0. The summed E-state index contributed by atoms with van der Waals surface area (Å²) in [5.74, 6) is 0.329. The molecule has 0 heterocycles. The maximum atomic E-state index is 14.0. The van der Waals surface area contributed by atoms with Crippen LogP contribution in [-0.4, -0.2) is 0 Å². The summed E-state index contributed by atoms with van der Waals surface area (Å²) in [6.45, 7) is 6.28. The van der Waals surface area contributed by atoms with Crippen molar-refractivity contribution in [2.75, 3.05) is 0 Å². The summed E-state index contributed by atoms with van der Waals surface area (Å²) in [6.07, 6.45) is 1.11. The minimum absolute atomic E-state index is 0.0891. The molecule has 2 aromatic carbocycles. The minimum atomic E-state index is -0.203. The summed E-state index contributed by atoms with van der Waals surface area (Å²) in [7, 11) is 0. The summed E-state index contributed by atoms with van der Waals surface area (Å²) in [5.41, 5.74) is 9.63. The van der Waals surface area contributed by atoms with Gasteiger partial charge in [0, 0.05) is 11.6 Å². The van der Waals surface area contributed by atoms with Gasteiger partial charge in [0.25, 0.3) is 0 Å². The SMILES string of the molecule is CCC(C)c1ccc(-c2cc(C(C)N)ccc2F)cc1. The molecule has 0 amide bonds. The van der Waals surface area contributed by atoms with Crippen molar-refractivity contribution in [3.8, 4) is 11.1 Å². The molecular weight excluding hydrogens is 249 g/mol. The molecule has 0 aliphatic heterocycles. The standard InChI is InChI=1S/C18H22FN/c1-4-12(2)14-5-7-15(8-6-14)17-11-16(13(3)20)9-10-18(17)19/h5-13H,4,20H2,1-3H3. The van der Waals surface area contributed by atoms with E-state index in [4.69, 9.17) is 5.73 Å². The zero-order valence-electron chi connectivity index (χ0n) is 12.4. The highest BCUT2D eigenvalue weighted by Gasteiger charge is 2.09. The van der Waals surface area contributed by atoms with Crippen LogP contribution in [0.3, 0.4) is 0 Å². The van der Waals surface area contributed by atoms with E-state index in [0.29, 0.717) is 11.5 Å². The molecule has 0 spiro atoms. The molecule has 0 aliphatic carbocycles. The predicted molar refractivity (Wildman–Crippen MR) is 83.1 cm³/mol. The van der Waals surface area contributed by atoms with Gasteiger partial charge in [-0.15, -0.1) is 0 Å². The molecule has 0 bridgehead atoms. The topological polar surface area (TPSA) is 26.0 Å². The van der Waals surface area contributed by atoms with Crippen LogP contribution in [0.15, 0.2) is 42.5 Å². The molecule has 2 N–H and O–H groups in total. The number of nitrogens with two attached hydrogens (primary N) is 1. The number of hydrogen-bond acceptors (Lipinski definition) is 1. The van der Waals surface area contributed by atoms with Crippen molar-refractivity contribution in [3.63, 3.8) is 0 Å². The van der Waals surface area contributed by atoms with E-state index in [-0.39, 0.29) is 11.9 Å².